The Kier molecular flexibility index (Phi) is 8.12. The van der Waals surface area contributed by atoms with Gasteiger partial charge in [0.05, 0.1) is 34.7 Å². The molecular formula is C36H30ClN3O7S2. The fraction of sp³-hybridized carbons (Fsp3) is 0.306. The van der Waals surface area contributed by atoms with Crippen molar-refractivity contribution >= 4 is 69.8 Å². The number of amides is 3. The molecule has 2 N–H and O–H groups in total. The number of H-pyrrole nitrogens is 1. The maximum atomic E-state index is 13.9. The van der Waals surface area contributed by atoms with Gasteiger partial charge in [0.2, 0.25) is 11.8 Å². The van der Waals surface area contributed by atoms with E-state index in [0.717, 1.165) is 21.9 Å². The Balaban J connectivity index is 0.996. The van der Waals surface area contributed by atoms with Crippen molar-refractivity contribution in [3.05, 3.63) is 103 Å². The molecule has 1 saturated heterocycles. The van der Waals surface area contributed by atoms with Crippen LogP contribution < -0.4 is 19.8 Å². The van der Waals surface area contributed by atoms with Gasteiger partial charge in [0.15, 0.2) is 6.61 Å². The lowest BCUT2D eigenvalue weighted by molar-refractivity contribution is -0.123. The molecule has 2 saturated carbocycles. The molecule has 0 radical (unpaired) electrons. The van der Waals surface area contributed by atoms with E-state index in [1.54, 1.807) is 67.2 Å². The Morgan fingerprint density at radius 1 is 0.939 bits per heavy atom. The van der Waals surface area contributed by atoms with Gasteiger partial charge in [-0.05, 0) is 97.3 Å². The Bertz CT molecular complexity index is 2030. The van der Waals surface area contributed by atoms with Crippen molar-refractivity contribution in [3.8, 4) is 5.75 Å². The van der Waals surface area contributed by atoms with Crippen LogP contribution in [-0.4, -0.2) is 47.1 Å². The molecule has 2 aliphatic heterocycles. The third kappa shape index (κ3) is 5.46. The Morgan fingerprint density at radius 2 is 1.63 bits per heavy atom. The number of esters is 1. The molecular weight excluding hydrogens is 686 g/mol. The van der Waals surface area contributed by atoms with Crippen LogP contribution in [0, 0.1) is 29.6 Å². The maximum absolute atomic E-state index is 13.9. The molecule has 3 aromatic carbocycles. The highest BCUT2D eigenvalue weighted by Crippen LogP contribution is 2.68. The summed E-state index contributed by atoms with van der Waals surface area (Å²) in [4.78, 5) is 70.0. The van der Waals surface area contributed by atoms with E-state index >= 15 is 0 Å². The predicted molar refractivity (Wildman–Crippen MR) is 185 cm³/mol. The number of anilines is 2. The van der Waals surface area contributed by atoms with Gasteiger partial charge in [-0.3, -0.25) is 24.1 Å². The number of benzene rings is 3. The number of carbonyl (C=O) groups excluding carboxylic acids is 4. The van der Waals surface area contributed by atoms with E-state index in [1.807, 2.05) is 24.3 Å². The molecule has 0 unspecified atom stereocenters. The first-order valence-electron chi connectivity index (χ1n) is 16.0. The highest BCUT2D eigenvalue weighted by atomic mass is 35.5. The first-order chi connectivity index (χ1) is 23.7. The van der Waals surface area contributed by atoms with Gasteiger partial charge in [-0.25, -0.2) is 4.79 Å². The van der Waals surface area contributed by atoms with E-state index in [0.29, 0.717) is 27.7 Å². The number of thioether (sulfide) groups is 1. The molecule has 4 aromatic rings. The molecule has 4 aliphatic rings. The molecule has 250 valence electrons. The summed E-state index contributed by atoms with van der Waals surface area (Å²) in [6.45, 7) is 1.79. The molecule has 13 heteroatoms. The Hall–Kier alpha value is -4.39. The van der Waals surface area contributed by atoms with Crippen LogP contribution in [0.2, 0.25) is 5.02 Å². The molecule has 8 rings (SSSR count). The van der Waals surface area contributed by atoms with Crippen LogP contribution in [-0.2, 0) is 19.1 Å². The van der Waals surface area contributed by atoms with E-state index in [2.05, 4.69) is 10.3 Å². The van der Waals surface area contributed by atoms with Gasteiger partial charge in [-0.15, -0.1) is 11.8 Å². The zero-order valence-corrected chi connectivity index (χ0v) is 28.5. The zero-order valence-electron chi connectivity index (χ0n) is 26.1. The van der Waals surface area contributed by atoms with Crippen molar-refractivity contribution in [2.24, 2.45) is 29.6 Å². The minimum absolute atomic E-state index is 0.0115. The number of hydrogen-bond acceptors (Lipinski definition) is 9. The number of hydrogen-bond donors (Lipinski definition) is 2. The van der Waals surface area contributed by atoms with E-state index in [1.165, 1.54) is 16.2 Å². The van der Waals surface area contributed by atoms with Crippen molar-refractivity contribution in [2.45, 2.75) is 29.5 Å². The quantitative estimate of drug-likeness (QED) is 0.169. The minimum Gasteiger partial charge on any atom is -0.484 e. The molecule has 2 aliphatic carbocycles. The summed E-state index contributed by atoms with van der Waals surface area (Å²) < 4.78 is 10.8. The predicted octanol–water partition coefficient (Wildman–Crippen LogP) is 5.96. The van der Waals surface area contributed by atoms with E-state index in [-0.39, 0.29) is 70.6 Å². The fourth-order valence-electron chi connectivity index (χ4n) is 8.26. The smallest absolute Gasteiger partial charge is 0.338 e. The minimum atomic E-state index is -0.427. The second-order valence-corrected chi connectivity index (χ2v) is 15.3. The average molecular weight is 716 g/mol. The van der Waals surface area contributed by atoms with Crippen molar-refractivity contribution in [2.75, 3.05) is 23.4 Å². The van der Waals surface area contributed by atoms with Gasteiger partial charge in [-0.1, -0.05) is 35.1 Å². The first-order valence-corrected chi connectivity index (χ1v) is 18.1. The van der Waals surface area contributed by atoms with Gasteiger partial charge in [0.25, 0.3) is 5.91 Å². The molecule has 49 heavy (non-hydrogen) atoms. The number of thiazole rings is 1. The number of fused-ring (bicyclic) bond motifs is 9. The number of aromatic amines is 1. The largest absolute Gasteiger partial charge is 0.484 e. The van der Waals surface area contributed by atoms with Crippen molar-refractivity contribution in [3.63, 3.8) is 0 Å². The summed E-state index contributed by atoms with van der Waals surface area (Å²) in [5.74, 6) is -1.45. The molecule has 1 aromatic heterocycles. The van der Waals surface area contributed by atoms with E-state index < -0.39 is 11.9 Å². The number of rotatable bonds is 8. The van der Waals surface area contributed by atoms with Gasteiger partial charge in [0, 0.05) is 26.8 Å². The number of carbonyl (C=O) groups is 4. The standard InChI is InChI=1S/C36H30ClN3O7S2/c1-2-46-35(44)18-3-9-20(10-4-18)38-25(41)16-47-22-13-5-17(6-14-22)26-27-23-15-24(30(27)48-32-31(26)49-36(45)39-32)29-28(23)33(42)40(34(29)43)21-11-7-19(37)8-12-21/h3-14,23-24,26-30H,2,15-16H2,1H3,(H,38,41)(H,39,45)/t23-,24-,26+,27-,28+,29+,30-/m1/s1. The molecule has 10 nitrogen and oxygen atoms in total. The first kappa shape index (κ1) is 31.9. The second kappa shape index (κ2) is 12.5. The molecule has 3 amide bonds. The highest BCUT2D eigenvalue weighted by Gasteiger charge is 2.69. The summed E-state index contributed by atoms with van der Waals surface area (Å²) in [6, 6.07) is 20.8. The lowest BCUT2D eigenvalue weighted by Crippen LogP contribution is -2.42. The van der Waals surface area contributed by atoms with Gasteiger partial charge >= 0.3 is 10.8 Å². The number of imide groups is 1. The average Bonchev–Trinajstić information content (AvgIpc) is 3.84. The van der Waals surface area contributed by atoms with Crippen LogP contribution in [0.4, 0.5) is 11.4 Å². The summed E-state index contributed by atoms with van der Waals surface area (Å²) in [7, 11) is 0. The second-order valence-electron chi connectivity index (χ2n) is 12.7. The van der Waals surface area contributed by atoms with Crippen LogP contribution in [0.1, 0.15) is 40.1 Å². The number of ether oxygens (including phenoxy) is 2. The van der Waals surface area contributed by atoms with Gasteiger partial charge in [0.1, 0.15) is 5.75 Å². The van der Waals surface area contributed by atoms with Crippen LogP contribution in [0.25, 0.3) is 0 Å². The van der Waals surface area contributed by atoms with Crippen molar-refractivity contribution in [1.29, 1.82) is 0 Å². The SMILES string of the molecule is CCOC(=O)c1ccc(NC(=O)COc2ccc([C@@H]3c4sc(=O)[nH]c4S[C@@H]4[C@@H]5C[C@@H]([C@@H]6C(=O)N(c7ccc(Cl)cc7)C(=O)[C@@H]56)[C@H]34)cc2)cc1. The van der Waals surface area contributed by atoms with E-state index in [9.17, 15) is 24.0 Å². The van der Waals surface area contributed by atoms with Crippen LogP contribution in [0.3, 0.4) is 0 Å². The van der Waals surface area contributed by atoms with Gasteiger partial charge < -0.3 is 19.8 Å². The van der Waals surface area contributed by atoms with Crippen molar-refractivity contribution in [1.82, 2.24) is 4.98 Å². The van der Waals surface area contributed by atoms with Crippen LogP contribution >= 0.6 is 34.7 Å². The number of halogens is 1. The monoisotopic (exact) mass is 715 g/mol. The molecule has 3 fully saturated rings. The summed E-state index contributed by atoms with van der Waals surface area (Å²) in [5, 5.41) is 4.20. The van der Waals surface area contributed by atoms with E-state index in [4.69, 9.17) is 21.1 Å². The molecule has 0 spiro atoms. The normalized spacial score (nSPS) is 26.2. The lowest BCUT2D eigenvalue weighted by Gasteiger charge is -2.43. The summed E-state index contributed by atoms with van der Waals surface area (Å²) in [6.07, 6.45) is 0.793. The van der Waals surface area contributed by atoms with Crippen LogP contribution in [0.5, 0.6) is 5.75 Å². The third-order valence-corrected chi connectivity index (χ3v) is 12.9. The third-order valence-electron chi connectivity index (χ3n) is 10.1. The highest BCUT2D eigenvalue weighted by molar-refractivity contribution is 8.00. The number of nitrogens with one attached hydrogen (secondary N) is 2. The van der Waals surface area contributed by atoms with Crippen LogP contribution in [0.15, 0.2) is 82.6 Å². The summed E-state index contributed by atoms with van der Waals surface area (Å²) >= 11 is 8.93. The molecule has 3 heterocycles. The fourth-order valence-corrected chi connectivity index (χ4v) is 11.3. The Labute approximate surface area is 294 Å². The maximum Gasteiger partial charge on any atom is 0.338 e. The number of aromatic nitrogens is 1. The zero-order chi connectivity index (χ0) is 34.0. The summed E-state index contributed by atoms with van der Waals surface area (Å²) in [5.41, 5.74) is 2.45. The van der Waals surface area contributed by atoms with Crippen molar-refractivity contribution < 1.29 is 28.7 Å². The number of nitrogens with zero attached hydrogens (tertiary/aromatic N) is 1. The molecule has 7 atom stereocenters. The Morgan fingerprint density at radius 3 is 2.33 bits per heavy atom. The topological polar surface area (TPSA) is 135 Å². The molecule has 2 bridgehead atoms. The van der Waals surface area contributed by atoms with Gasteiger partial charge in [-0.2, -0.15) is 0 Å². The lowest BCUT2D eigenvalue weighted by atomic mass is 9.68.